The Balaban J connectivity index is 3.49. The standard InChI is InChI=1S/C14H30N2OS/c1-11(2)6-5-7-13(4)16-14(17)10-18-9-8-12(3)15/h11-13H,5-10,15H2,1-4H3,(H,16,17). The molecule has 0 saturated heterocycles. The Bertz CT molecular complexity index is 220. The maximum Gasteiger partial charge on any atom is 0.230 e. The lowest BCUT2D eigenvalue weighted by molar-refractivity contribution is -0.119. The summed E-state index contributed by atoms with van der Waals surface area (Å²) in [6.45, 7) is 8.55. The quantitative estimate of drug-likeness (QED) is 0.602. The zero-order chi connectivity index (χ0) is 14.0. The van der Waals surface area contributed by atoms with Gasteiger partial charge in [0.15, 0.2) is 0 Å². The van der Waals surface area contributed by atoms with Crippen LogP contribution in [0.25, 0.3) is 0 Å². The molecule has 0 bridgehead atoms. The number of nitrogens with one attached hydrogen (secondary N) is 1. The van der Waals surface area contributed by atoms with Crippen LogP contribution < -0.4 is 11.1 Å². The molecule has 3 N–H and O–H groups in total. The molecule has 1 amide bonds. The van der Waals surface area contributed by atoms with E-state index in [4.69, 9.17) is 5.73 Å². The van der Waals surface area contributed by atoms with Crippen LogP contribution in [0.4, 0.5) is 0 Å². The molecule has 0 aliphatic carbocycles. The second kappa shape index (κ2) is 10.7. The summed E-state index contributed by atoms with van der Waals surface area (Å²) in [4.78, 5) is 11.6. The van der Waals surface area contributed by atoms with E-state index in [1.165, 1.54) is 12.8 Å². The van der Waals surface area contributed by atoms with Crippen molar-refractivity contribution in [2.75, 3.05) is 11.5 Å². The maximum atomic E-state index is 11.6. The van der Waals surface area contributed by atoms with E-state index in [1.807, 2.05) is 6.92 Å². The Kier molecular flexibility index (Phi) is 10.5. The summed E-state index contributed by atoms with van der Waals surface area (Å²) in [6.07, 6.45) is 4.48. The largest absolute Gasteiger partial charge is 0.353 e. The van der Waals surface area contributed by atoms with E-state index in [0.717, 1.165) is 24.5 Å². The molecule has 2 unspecified atom stereocenters. The van der Waals surface area contributed by atoms with E-state index in [-0.39, 0.29) is 11.9 Å². The first-order valence-corrected chi connectivity index (χ1v) is 8.20. The molecule has 0 saturated carbocycles. The van der Waals surface area contributed by atoms with Gasteiger partial charge in [-0.05, 0) is 38.4 Å². The molecule has 2 atom stereocenters. The van der Waals surface area contributed by atoms with E-state index in [2.05, 4.69) is 26.1 Å². The number of rotatable bonds is 10. The van der Waals surface area contributed by atoms with Crippen LogP contribution >= 0.6 is 11.8 Å². The fourth-order valence-corrected chi connectivity index (χ4v) is 2.61. The highest BCUT2D eigenvalue weighted by Crippen LogP contribution is 2.09. The highest BCUT2D eigenvalue weighted by molar-refractivity contribution is 7.99. The van der Waals surface area contributed by atoms with Crippen LogP contribution in [-0.4, -0.2) is 29.5 Å². The average molecular weight is 274 g/mol. The molecule has 0 aromatic heterocycles. The first-order chi connectivity index (χ1) is 8.41. The van der Waals surface area contributed by atoms with Gasteiger partial charge in [0.25, 0.3) is 0 Å². The first-order valence-electron chi connectivity index (χ1n) is 7.04. The number of amides is 1. The van der Waals surface area contributed by atoms with E-state index >= 15 is 0 Å². The molecule has 0 heterocycles. The minimum Gasteiger partial charge on any atom is -0.353 e. The molecule has 0 spiro atoms. The van der Waals surface area contributed by atoms with Crippen LogP contribution in [0.2, 0.25) is 0 Å². The van der Waals surface area contributed by atoms with Crippen molar-refractivity contribution in [1.82, 2.24) is 5.32 Å². The van der Waals surface area contributed by atoms with Crippen LogP contribution in [0.15, 0.2) is 0 Å². The molecule has 0 fully saturated rings. The van der Waals surface area contributed by atoms with E-state index in [0.29, 0.717) is 11.8 Å². The molecule has 108 valence electrons. The van der Waals surface area contributed by atoms with Crippen molar-refractivity contribution in [3.63, 3.8) is 0 Å². The van der Waals surface area contributed by atoms with Crippen LogP contribution in [0.3, 0.4) is 0 Å². The van der Waals surface area contributed by atoms with Gasteiger partial charge in [-0.25, -0.2) is 0 Å². The SMILES string of the molecule is CC(C)CCCC(C)NC(=O)CSCCC(C)N. The lowest BCUT2D eigenvalue weighted by atomic mass is 10.0. The van der Waals surface area contributed by atoms with Crippen molar-refractivity contribution >= 4 is 17.7 Å². The Morgan fingerprint density at radius 3 is 2.39 bits per heavy atom. The summed E-state index contributed by atoms with van der Waals surface area (Å²) in [5, 5.41) is 3.05. The predicted molar refractivity (Wildman–Crippen MR) is 81.9 cm³/mol. The third-order valence-electron chi connectivity index (χ3n) is 2.78. The monoisotopic (exact) mass is 274 g/mol. The number of thioether (sulfide) groups is 1. The van der Waals surface area contributed by atoms with Crippen LogP contribution in [-0.2, 0) is 4.79 Å². The number of carbonyl (C=O) groups is 1. The van der Waals surface area contributed by atoms with Crippen molar-refractivity contribution in [3.05, 3.63) is 0 Å². The summed E-state index contributed by atoms with van der Waals surface area (Å²) < 4.78 is 0. The van der Waals surface area contributed by atoms with Crippen LogP contribution in [0.1, 0.15) is 53.4 Å². The molecular weight excluding hydrogens is 244 g/mol. The Labute approximate surface area is 117 Å². The molecular formula is C14H30N2OS. The van der Waals surface area contributed by atoms with Gasteiger partial charge in [-0.2, -0.15) is 11.8 Å². The zero-order valence-electron chi connectivity index (χ0n) is 12.4. The van der Waals surface area contributed by atoms with E-state index in [9.17, 15) is 4.79 Å². The minimum absolute atomic E-state index is 0.154. The summed E-state index contributed by atoms with van der Waals surface area (Å²) in [5.74, 6) is 2.43. The number of carbonyl (C=O) groups excluding carboxylic acids is 1. The van der Waals surface area contributed by atoms with Crippen LogP contribution in [0, 0.1) is 5.92 Å². The predicted octanol–water partition coefficient (Wildman–Crippen LogP) is 2.79. The van der Waals surface area contributed by atoms with Gasteiger partial charge in [0.2, 0.25) is 5.91 Å². The molecule has 0 aromatic rings. The average Bonchev–Trinajstić information content (AvgIpc) is 2.23. The number of hydrogen-bond donors (Lipinski definition) is 2. The van der Waals surface area contributed by atoms with Gasteiger partial charge in [-0.3, -0.25) is 4.79 Å². The Morgan fingerprint density at radius 1 is 1.17 bits per heavy atom. The smallest absolute Gasteiger partial charge is 0.230 e. The minimum atomic E-state index is 0.154. The lowest BCUT2D eigenvalue weighted by Crippen LogP contribution is -2.34. The van der Waals surface area contributed by atoms with Crippen molar-refractivity contribution in [2.45, 2.75) is 65.5 Å². The molecule has 0 aliphatic heterocycles. The van der Waals surface area contributed by atoms with Gasteiger partial charge in [-0.15, -0.1) is 0 Å². The summed E-state index contributed by atoms with van der Waals surface area (Å²) in [5.41, 5.74) is 5.66. The van der Waals surface area contributed by atoms with Gasteiger partial charge in [0, 0.05) is 12.1 Å². The topological polar surface area (TPSA) is 55.1 Å². The van der Waals surface area contributed by atoms with Gasteiger partial charge >= 0.3 is 0 Å². The normalized spacial score (nSPS) is 14.6. The molecule has 0 radical (unpaired) electrons. The van der Waals surface area contributed by atoms with E-state index < -0.39 is 0 Å². The summed E-state index contributed by atoms with van der Waals surface area (Å²) in [6, 6.07) is 0.529. The molecule has 0 aliphatic rings. The van der Waals surface area contributed by atoms with Crippen molar-refractivity contribution in [3.8, 4) is 0 Å². The zero-order valence-corrected chi connectivity index (χ0v) is 13.2. The van der Waals surface area contributed by atoms with Gasteiger partial charge < -0.3 is 11.1 Å². The summed E-state index contributed by atoms with van der Waals surface area (Å²) in [7, 11) is 0. The molecule has 4 heteroatoms. The Morgan fingerprint density at radius 2 is 1.83 bits per heavy atom. The highest BCUT2D eigenvalue weighted by atomic mass is 32.2. The highest BCUT2D eigenvalue weighted by Gasteiger charge is 2.07. The van der Waals surface area contributed by atoms with Crippen LogP contribution in [0.5, 0.6) is 0 Å². The van der Waals surface area contributed by atoms with Gasteiger partial charge in [0.05, 0.1) is 5.75 Å². The van der Waals surface area contributed by atoms with Gasteiger partial charge in [0.1, 0.15) is 0 Å². The summed E-state index contributed by atoms with van der Waals surface area (Å²) >= 11 is 1.67. The van der Waals surface area contributed by atoms with Crippen molar-refractivity contribution in [1.29, 1.82) is 0 Å². The maximum absolute atomic E-state index is 11.6. The number of hydrogen-bond acceptors (Lipinski definition) is 3. The molecule has 3 nitrogen and oxygen atoms in total. The van der Waals surface area contributed by atoms with Gasteiger partial charge in [-0.1, -0.05) is 26.7 Å². The van der Waals surface area contributed by atoms with E-state index in [1.54, 1.807) is 11.8 Å². The first kappa shape index (κ1) is 17.8. The Hall–Kier alpha value is -0.220. The number of nitrogens with two attached hydrogens (primary N) is 1. The van der Waals surface area contributed by atoms with Crippen molar-refractivity contribution in [2.24, 2.45) is 11.7 Å². The third kappa shape index (κ3) is 12.2. The second-order valence-corrected chi connectivity index (χ2v) is 6.72. The molecule has 18 heavy (non-hydrogen) atoms. The molecule has 0 aromatic carbocycles. The second-order valence-electron chi connectivity index (χ2n) is 5.61. The third-order valence-corrected chi connectivity index (χ3v) is 3.77. The van der Waals surface area contributed by atoms with Crippen molar-refractivity contribution < 1.29 is 4.79 Å². The molecule has 0 rings (SSSR count). The fourth-order valence-electron chi connectivity index (χ4n) is 1.66. The lowest BCUT2D eigenvalue weighted by Gasteiger charge is -2.14. The fraction of sp³-hybridized carbons (Fsp3) is 0.929.